The molecule has 0 atom stereocenters. The van der Waals surface area contributed by atoms with Crippen LogP contribution in [0.4, 0.5) is 0 Å². The van der Waals surface area contributed by atoms with Crippen molar-refractivity contribution in [2.75, 3.05) is 13.1 Å². The summed E-state index contributed by atoms with van der Waals surface area (Å²) in [6.45, 7) is 6.93. The highest BCUT2D eigenvalue weighted by Gasteiger charge is 2.22. The Morgan fingerprint density at radius 2 is 1.76 bits per heavy atom. The molecule has 0 N–H and O–H groups in total. The summed E-state index contributed by atoms with van der Waals surface area (Å²) < 4.78 is 5.07. The first-order valence-electron chi connectivity index (χ1n) is 8.91. The van der Waals surface area contributed by atoms with Crippen molar-refractivity contribution in [2.45, 2.75) is 39.7 Å². The predicted octanol–water partition coefficient (Wildman–Crippen LogP) is 3.08. The lowest BCUT2D eigenvalue weighted by Crippen LogP contribution is -2.34. The Bertz CT molecular complexity index is 867. The SMILES string of the molecule is Cc1nc(CC2CCN(Cc3nc4ccccc4nc3C)CC2)no1. The standard InChI is InChI=1S/C19H23N5O/c1-13-18(22-17-6-4-3-5-16(17)20-13)12-24-9-7-15(8-10-24)11-19-21-14(2)25-23-19/h3-6,15H,7-12H2,1-2H3. The van der Waals surface area contributed by atoms with Gasteiger partial charge in [-0.2, -0.15) is 4.98 Å². The van der Waals surface area contributed by atoms with Crippen molar-refractivity contribution in [2.24, 2.45) is 5.92 Å². The van der Waals surface area contributed by atoms with E-state index in [-0.39, 0.29) is 0 Å². The fraction of sp³-hybridized carbons (Fsp3) is 0.474. The van der Waals surface area contributed by atoms with E-state index in [1.807, 2.05) is 31.2 Å². The monoisotopic (exact) mass is 337 g/mol. The number of para-hydroxylation sites is 2. The molecule has 0 spiro atoms. The van der Waals surface area contributed by atoms with Gasteiger partial charge in [-0.1, -0.05) is 17.3 Å². The fourth-order valence-electron chi connectivity index (χ4n) is 3.52. The molecular formula is C19H23N5O. The first kappa shape index (κ1) is 16.1. The molecule has 1 saturated heterocycles. The molecule has 3 heterocycles. The van der Waals surface area contributed by atoms with Crippen LogP contribution in [0.5, 0.6) is 0 Å². The second kappa shape index (κ2) is 6.88. The Balaban J connectivity index is 1.37. The minimum absolute atomic E-state index is 0.636. The van der Waals surface area contributed by atoms with E-state index >= 15 is 0 Å². The van der Waals surface area contributed by atoms with Gasteiger partial charge < -0.3 is 4.52 Å². The first-order valence-corrected chi connectivity index (χ1v) is 8.91. The molecule has 0 bridgehead atoms. The van der Waals surface area contributed by atoms with Crippen molar-refractivity contribution >= 4 is 11.0 Å². The summed E-state index contributed by atoms with van der Waals surface area (Å²) in [4.78, 5) is 16.3. The summed E-state index contributed by atoms with van der Waals surface area (Å²) in [5.74, 6) is 2.13. The van der Waals surface area contributed by atoms with Crippen LogP contribution >= 0.6 is 0 Å². The van der Waals surface area contributed by atoms with Gasteiger partial charge in [0.25, 0.3) is 0 Å². The second-order valence-electron chi connectivity index (χ2n) is 6.90. The van der Waals surface area contributed by atoms with E-state index in [1.54, 1.807) is 0 Å². The van der Waals surface area contributed by atoms with Crippen LogP contribution in [0.2, 0.25) is 0 Å². The summed E-state index contributed by atoms with van der Waals surface area (Å²) in [6.07, 6.45) is 3.24. The van der Waals surface area contributed by atoms with Crippen LogP contribution in [0.3, 0.4) is 0 Å². The molecule has 6 nitrogen and oxygen atoms in total. The van der Waals surface area contributed by atoms with Crippen LogP contribution in [0.15, 0.2) is 28.8 Å². The molecule has 4 rings (SSSR count). The fourth-order valence-corrected chi connectivity index (χ4v) is 3.52. The molecule has 130 valence electrons. The molecule has 1 aliphatic rings. The van der Waals surface area contributed by atoms with Crippen molar-refractivity contribution < 1.29 is 4.52 Å². The summed E-state index contributed by atoms with van der Waals surface area (Å²) >= 11 is 0. The maximum atomic E-state index is 5.07. The zero-order chi connectivity index (χ0) is 17.2. The van der Waals surface area contributed by atoms with Crippen LogP contribution < -0.4 is 0 Å². The number of hydrogen-bond acceptors (Lipinski definition) is 6. The Hall–Kier alpha value is -2.34. The van der Waals surface area contributed by atoms with Crippen molar-refractivity contribution in [3.8, 4) is 0 Å². The molecule has 25 heavy (non-hydrogen) atoms. The minimum atomic E-state index is 0.636. The average molecular weight is 337 g/mol. The quantitative estimate of drug-likeness (QED) is 0.729. The number of hydrogen-bond donors (Lipinski definition) is 0. The van der Waals surface area contributed by atoms with Crippen LogP contribution in [-0.4, -0.2) is 38.1 Å². The molecule has 0 radical (unpaired) electrons. The van der Waals surface area contributed by atoms with E-state index in [0.717, 1.165) is 67.1 Å². The van der Waals surface area contributed by atoms with Crippen molar-refractivity contribution in [1.82, 2.24) is 25.0 Å². The van der Waals surface area contributed by atoms with E-state index in [1.165, 1.54) is 0 Å². The van der Waals surface area contributed by atoms with Gasteiger partial charge in [0.05, 0.1) is 22.4 Å². The van der Waals surface area contributed by atoms with E-state index in [0.29, 0.717) is 11.8 Å². The molecule has 0 aliphatic carbocycles. The number of piperidine rings is 1. The highest BCUT2D eigenvalue weighted by atomic mass is 16.5. The Labute approximate surface area is 147 Å². The van der Waals surface area contributed by atoms with Crippen molar-refractivity contribution in [1.29, 1.82) is 0 Å². The number of nitrogens with zero attached hydrogens (tertiary/aromatic N) is 5. The number of aromatic nitrogens is 4. The molecule has 6 heteroatoms. The highest BCUT2D eigenvalue weighted by Crippen LogP contribution is 2.22. The van der Waals surface area contributed by atoms with Gasteiger partial charge in [-0.3, -0.25) is 4.90 Å². The molecule has 0 amide bonds. The molecule has 0 unspecified atom stereocenters. The van der Waals surface area contributed by atoms with E-state index in [4.69, 9.17) is 14.5 Å². The van der Waals surface area contributed by atoms with Crippen molar-refractivity contribution in [3.05, 3.63) is 47.4 Å². The number of benzene rings is 1. The Morgan fingerprint density at radius 1 is 1.04 bits per heavy atom. The van der Waals surface area contributed by atoms with E-state index < -0.39 is 0 Å². The van der Waals surface area contributed by atoms with Gasteiger partial charge >= 0.3 is 0 Å². The van der Waals surface area contributed by atoms with Crippen LogP contribution in [0.1, 0.15) is 35.9 Å². The average Bonchev–Trinajstić information content (AvgIpc) is 3.02. The smallest absolute Gasteiger partial charge is 0.223 e. The Morgan fingerprint density at radius 3 is 2.44 bits per heavy atom. The predicted molar refractivity (Wildman–Crippen MR) is 95.0 cm³/mol. The zero-order valence-corrected chi connectivity index (χ0v) is 14.8. The van der Waals surface area contributed by atoms with Gasteiger partial charge in [-0.15, -0.1) is 0 Å². The topological polar surface area (TPSA) is 67.9 Å². The molecular weight excluding hydrogens is 314 g/mol. The molecule has 1 aliphatic heterocycles. The van der Waals surface area contributed by atoms with Crippen LogP contribution in [0.25, 0.3) is 11.0 Å². The Kier molecular flexibility index (Phi) is 4.44. The zero-order valence-electron chi connectivity index (χ0n) is 14.8. The van der Waals surface area contributed by atoms with Gasteiger partial charge in [0.15, 0.2) is 5.82 Å². The lowest BCUT2D eigenvalue weighted by molar-refractivity contribution is 0.173. The number of fused-ring (bicyclic) bond motifs is 1. The largest absolute Gasteiger partial charge is 0.340 e. The summed E-state index contributed by atoms with van der Waals surface area (Å²) in [7, 11) is 0. The lowest BCUT2D eigenvalue weighted by atomic mass is 9.93. The third-order valence-corrected chi connectivity index (χ3v) is 4.96. The molecule has 1 fully saturated rings. The molecule has 3 aromatic rings. The van der Waals surface area contributed by atoms with Gasteiger partial charge in [0, 0.05) is 19.9 Å². The van der Waals surface area contributed by atoms with E-state index in [2.05, 4.69) is 22.0 Å². The molecule has 1 aromatic carbocycles. The first-order chi connectivity index (χ1) is 12.2. The number of rotatable bonds is 4. The minimum Gasteiger partial charge on any atom is -0.340 e. The van der Waals surface area contributed by atoms with Gasteiger partial charge in [0.1, 0.15) is 0 Å². The summed E-state index contributed by atoms with van der Waals surface area (Å²) in [6, 6.07) is 8.07. The third-order valence-electron chi connectivity index (χ3n) is 4.96. The maximum absolute atomic E-state index is 5.07. The van der Waals surface area contributed by atoms with Gasteiger partial charge in [-0.25, -0.2) is 9.97 Å². The summed E-state index contributed by atoms with van der Waals surface area (Å²) in [5.41, 5.74) is 4.07. The number of likely N-dealkylation sites (tertiary alicyclic amines) is 1. The second-order valence-corrected chi connectivity index (χ2v) is 6.90. The van der Waals surface area contributed by atoms with Gasteiger partial charge in [-0.05, 0) is 50.9 Å². The normalized spacial score (nSPS) is 16.6. The van der Waals surface area contributed by atoms with Crippen LogP contribution in [0, 0.1) is 19.8 Å². The van der Waals surface area contributed by atoms with Crippen LogP contribution in [-0.2, 0) is 13.0 Å². The third kappa shape index (κ3) is 3.69. The van der Waals surface area contributed by atoms with E-state index in [9.17, 15) is 0 Å². The summed E-state index contributed by atoms with van der Waals surface area (Å²) in [5, 5.41) is 4.02. The maximum Gasteiger partial charge on any atom is 0.223 e. The van der Waals surface area contributed by atoms with Crippen molar-refractivity contribution in [3.63, 3.8) is 0 Å². The number of aryl methyl sites for hydroxylation is 2. The molecule has 2 aromatic heterocycles. The highest BCUT2D eigenvalue weighted by molar-refractivity contribution is 5.74. The lowest BCUT2D eigenvalue weighted by Gasteiger charge is -2.31. The molecule has 0 saturated carbocycles. The van der Waals surface area contributed by atoms with Gasteiger partial charge in [0.2, 0.25) is 5.89 Å².